The number of sulfonamides is 1. The summed E-state index contributed by atoms with van der Waals surface area (Å²) in [6.45, 7) is 10.8. The van der Waals surface area contributed by atoms with Gasteiger partial charge in [-0.25, -0.2) is 27.1 Å². The number of hydrogen-bond donors (Lipinski definition) is 4. The Bertz CT molecular complexity index is 8110. The van der Waals surface area contributed by atoms with Crippen LogP contribution in [-0.4, -0.2) is 113 Å². The van der Waals surface area contributed by atoms with Crippen molar-refractivity contribution in [1.82, 2.24) is 77.3 Å². The van der Waals surface area contributed by atoms with E-state index in [4.69, 9.17) is 6.42 Å². The molecule has 0 bridgehead atoms. The fraction of sp³-hybridized carbons (Fsp3) is 0.0619. The van der Waals surface area contributed by atoms with Crippen molar-refractivity contribution in [3.05, 3.63) is 368 Å². The van der Waals surface area contributed by atoms with Gasteiger partial charge in [0.15, 0.2) is 0 Å². The minimum absolute atomic E-state index is 0.0883. The fourth-order valence-electron chi connectivity index (χ4n) is 15.1. The lowest BCUT2D eigenvalue weighted by atomic mass is 10.1. The summed E-state index contributed by atoms with van der Waals surface area (Å²) < 4.78 is 40.5. The number of aryl methyl sites for hydroxylation is 4. The molecule has 12 aromatic heterocycles. The normalized spacial score (nSPS) is 11.2. The number of aromatic nitrogens is 16. The lowest BCUT2D eigenvalue weighted by molar-refractivity contribution is -0.114. The second-order valence-electron chi connectivity index (χ2n) is 29.7. The molecular formula is C97H72BrIN20O9S. The van der Waals surface area contributed by atoms with E-state index in [9.17, 15) is 42.0 Å². The molecule has 0 spiro atoms. The molecule has 0 saturated carbocycles. The van der Waals surface area contributed by atoms with Crippen LogP contribution in [0, 0.1) is 40.0 Å². The number of amides is 3. The minimum atomic E-state index is -3.71. The van der Waals surface area contributed by atoms with E-state index in [2.05, 4.69) is 83.5 Å². The van der Waals surface area contributed by atoms with Gasteiger partial charge in [-0.2, -0.15) is 20.4 Å². The zero-order chi connectivity index (χ0) is 89.9. The van der Waals surface area contributed by atoms with Crippen LogP contribution in [-0.2, 0) is 24.4 Å². The summed E-state index contributed by atoms with van der Waals surface area (Å²) in [5.41, 5.74) is 16.6. The van der Waals surface area contributed by atoms with Crippen molar-refractivity contribution in [3.63, 3.8) is 0 Å². The summed E-state index contributed by atoms with van der Waals surface area (Å²) in [7, 11) is -3.71. The molecule has 0 aliphatic rings. The fourth-order valence-corrected chi connectivity index (χ4v) is 16.1. The van der Waals surface area contributed by atoms with Crippen molar-refractivity contribution >= 4 is 176 Å². The molecule has 8 aromatic carbocycles. The molecule has 129 heavy (non-hydrogen) atoms. The van der Waals surface area contributed by atoms with Crippen LogP contribution in [0.1, 0.15) is 22.3 Å². The molecule has 20 aromatic rings. The minimum Gasteiger partial charge on any atom is -0.325 e. The first-order chi connectivity index (χ1) is 62.5. The largest absolute Gasteiger partial charge is 0.325 e. The SMILES string of the molecule is C#CC(=O)Nc1cc(-n2c(=O)ccc3cnc4ccc(-n5cccn5)cc4c32)ccc1C.C=CS(=O)(=O)Nc1cc(-n2c(=O)ccc3cnc4ccc(-n5cccn5)cc4c32)ccc1C.Cc1ccc(-n2c(=O)ccc3cnc4ccc(-n5cccn5)cc4c32)cc1NC(=O)CBr.Cc1ccc(-n2c(=O)ccc3cnc4ccc(-n5cccn5)cc4c32)cc1NC(=O)CI. The van der Waals surface area contributed by atoms with E-state index in [0.717, 1.165) is 127 Å². The maximum absolute atomic E-state index is 13.1. The van der Waals surface area contributed by atoms with Crippen molar-refractivity contribution in [1.29, 1.82) is 0 Å². The molecule has 4 N–H and O–H groups in total. The number of pyridine rings is 8. The molecule has 0 aliphatic heterocycles. The summed E-state index contributed by atoms with van der Waals surface area (Å²) in [6, 6.07) is 65.6. The maximum Gasteiger partial charge on any atom is 0.300 e. The van der Waals surface area contributed by atoms with Gasteiger partial charge in [0.1, 0.15) is 0 Å². The van der Waals surface area contributed by atoms with Crippen LogP contribution in [0.2, 0.25) is 0 Å². The lowest BCUT2D eigenvalue weighted by Gasteiger charge is -2.15. The molecule has 0 atom stereocenters. The van der Waals surface area contributed by atoms with Gasteiger partial charge in [-0.1, -0.05) is 69.4 Å². The number of terminal acetylenes is 1. The van der Waals surface area contributed by atoms with Gasteiger partial charge in [0.25, 0.3) is 38.2 Å². The van der Waals surface area contributed by atoms with Gasteiger partial charge in [0.2, 0.25) is 11.8 Å². The summed E-state index contributed by atoms with van der Waals surface area (Å²) in [4.78, 5) is 106. The van der Waals surface area contributed by atoms with E-state index >= 15 is 0 Å². The number of benzene rings is 8. The monoisotopic (exact) mass is 1900 g/mol. The number of halogens is 2. The van der Waals surface area contributed by atoms with Crippen molar-refractivity contribution in [2.75, 3.05) is 30.4 Å². The first-order valence-corrected chi connectivity index (χ1v) is 44.1. The average molecular weight is 1900 g/mol. The quantitative estimate of drug-likeness (QED) is 0.0302. The highest BCUT2D eigenvalue weighted by molar-refractivity contribution is 14.1. The third-order valence-corrected chi connectivity index (χ3v) is 23.6. The highest BCUT2D eigenvalue weighted by Gasteiger charge is 2.21. The second kappa shape index (κ2) is 36.1. The molecule has 0 radical (unpaired) electrons. The van der Waals surface area contributed by atoms with Gasteiger partial charge in [0.05, 0.1) is 105 Å². The van der Waals surface area contributed by atoms with Crippen molar-refractivity contribution in [2.24, 2.45) is 0 Å². The van der Waals surface area contributed by atoms with Crippen LogP contribution in [0.15, 0.2) is 324 Å². The zero-order valence-corrected chi connectivity index (χ0v) is 73.5. The summed E-state index contributed by atoms with van der Waals surface area (Å²) in [5.74, 6) is 1.26. The van der Waals surface area contributed by atoms with Crippen LogP contribution < -0.4 is 42.9 Å². The Hall–Kier alpha value is -16.3. The number of nitrogens with one attached hydrogen (secondary N) is 4. The summed E-state index contributed by atoms with van der Waals surface area (Å²) >= 11 is 5.20. The molecule has 12 heterocycles. The molecule has 32 heteroatoms. The predicted octanol–water partition coefficient (Wildman–Crippen LogP) is 16.3. The van der Waals surface area contributed by atoms with Gasteiger partial charge in [0, 0.05) is 164 Å². The topological polar surface area (TPSA) is 344 Å². The molecule has 0 aliphatic carbocycles. The van der Waals surface area contributed by atoms with E-state index in [1.807, 2.05) is 220 Å². The second-order valence-corrected chi connectivity index (χ2v) is 32.6. The molecule has 3 amide bonds. The number of nitrogens with zero attached hydrogens (tertiary/aromatic N) is 16. The van der Waals surface area contributed by atoms with E-state index in [0.29, 0.717) is 61.0 Å². The Morgan fingerprint density at radius 3 is 0.946 bits per heavy atom. The van der Waals surface area contributed by atoms with Gasteiger partial charge in [-0.3, -0.25) is 76.5 Å². The smallest absolute Gasteiger partial charge is 0.300 e. The molecular weight excluding hydrogens is 1830 g/mol. The van der Waals surface area contributed by atoms with Crippen LogP contribution in [0.5, 0.6) is 0 Å². The Morgan fingerprint density at radius 1 is 0.395 bits per heavy atom. The number of rotatable bonds is 16. The van der Waals surface area contributed by atoms with Crippen molar-refractivity contribution in [3.8, 4) is 57.8 Å². The Kier molecular flexibility index (Phi) is 23.8. The van der Waals surface area contributed by atoms with Gasteiger partial charge >= 0.3 is 0 Å². The van der Waals surface area contributed by atoms with E-state index < -0.39 is 15.9 Å². The number of hydrogen-bond acceptors (Lipinski definition) is 17. The molecule has 0 fully saturated rings. The number of anilines is 4. The molecule has 20 rings (SSSR count). The van der Waals surface area contributed by atoms with Crippen LogP contribution >= 0.6 is 38.5 Å². The van der Waals surface area contributed by atoms with E-state index in [-0.39, 0.29) is 39.4 Å². The van der Waals surface area contributed by atoms with Crippen LogP contribution in [0.3, 0.4) is 0 Å². The maximum atomic E-state index is 13.1. The van der Waals surface area contributed by atoms with Crippen LogP contribution in [0.25, 0.3) is 133 Å². The van der Waals surface area contributed by atoms with E-state index in [1.54, 1.807) is 142 Å². The zero-order valence-electron chi connectivity index (χ0n) is 69.0. The lowest BCUT2D eigenvalue weighted by Crippen LogP contribution is -2.19. The average Bonchev–Trinajstić information content (AvgIpc) is 1.70. The number of carbonyl (C=O) groups excluding carboxylic acids is 3. The summed E-state index contributed by atoms with van der Waals surface area (Å²) in [6.07, 6.45) is 26.5. The first kappa shape index (κ1) is 84.9. The van der Waals surface area contributed by atoms with Crippen molar-refractivity contribution < 1.29 is 22.8 Å². The van der Waals surface area contributed by atoms with E-state index in [1.165, 1.54) is 24.3 Å². The third-order valence-electron chi connectivity index (χ3n) is 21.4. The Balaban J connectivity index is 0.000000121. The number of carbonyl (C=O) groups is 3. The van der Waals surface area contributed by atoms with Crippen LogP contribution in [0.4, 0.5) is 22.7 Å². The predicted molar refractivity (Wildman–Crippen MR) is 517 cm³/mol. The van der Waals surface area contributed by atoms with Gasteiger partial charge < -0.3 is 16.0 Å². The third kappa shape index (κ3) is 17.4. The number of fused-ring (bicyclic) bond motifs is 12. The van der Waals surface area contributed by atoms with Gasteiger partial charge in [-0.15, -0.1) is 6.42 Å². The Labute approximate surface area is 755 Å². The summed E-state index contributed by atoms with van der Waals surface area (Å²) in [5, 5.41) is 33.2. The standard InChI is InChI=1S/C25H17N5O2.C24H18BrN5O2.C24H18IN5O2.C24H19N5O3S/c1-3-23(31)28-22-14-19(7-5-16(22)2)30-24(32)10-6-17-15-26-21-9-8-18(13-20(21)25(17)30)29-12-4-11-27-29;2*1-15-3-5-18(12-21(15)28-22(31)13-25)30-23(32)8-4-16-14-26-20-7-6-17(11-19(20)24(16)30)29-10-2-9-27-29;1-3-33(31,32)27-22-14-19(7-5-16(22)2)29-23(30)10-6-17-15-25-21-9-8-18(13-20(21)24(17)29)28-12-4-11-26-28/h1,4-15H,2H3,(H,28,31);2*2-12,14H,13H2,1H3,(H,28,31);3-15,27H,1H2,2H3. The highest BCUT2D eigenvalue weighted by atomic mass is 127. The molecule has 0 saturated heterocycles. The first-order valence-electron chi connectivity index (χ1n) is 39.9. The molecule has 0 unspecified atom stereocenters. The van der Waals surface area contributed by atoms with Crippen molar-refractivity contribution in [2.45, 2.75) is 27.7 Å². The highest BCUT2D eigenvalue weighted by Crippen LogP contribution is 2.35. The number of alkyl halides is 2. The molecule has 29 nitrogen and oxygen atoms in total. The van der Waals surface area contributed by atoms with Gasteiger partial charge in [-0.05, 0) is 226 Å². The Morgan fingerprint density at radius 2 is 0.674 bits per heavy atom. The molecule has 634 valence electrons.